The van der Waals surface area contributed by atoms with Crippen LogP contribution in [0.1, 0.15) is 0 Å². The van der Waals surface area contributed by atoms with E-state index in [-0.39, 0.29) is 0 Å². The summed E-state index contributed by atoms with van der Waals surface area (Å²) < 4.78 is 40.4. The summed E-state index contributed by atoms with van der Waals surface area (Å²) in [6.07, 6.45) is 0. The summed E-state index contributed by atoms with van der Waals surface area (Å²) in [7, 11) is 0. The summed E-state index contributed by atoms with van der Waals surface area (Å²) in [5.41, 5.74) is 0. The van der Waals surface area contributed by atoms with E-state index in [4.69, 9.17) is 0 Å². The van der Waals surface area contributed by atoms with Gasteiger partial charge in [0.1, 0.15) is 0 Å². The van der Waals surface area contributed by atoms with Crippen LogP contribution in [0.15, 0.2) is 18.2 Å². The number of rotatable bonds is 2. The first-order chi connectivity index (χ1) is 5.61. The van der Waals surface area contributed by atoms with Crippen molar-refractivity contribution in [2.45, 2.75) is 6.61 Å². The molecule has 0 bridgehead atoms. The second-order valence-corrected chi connectivity index (χ2v) is 3.09. The molecule has 0 amide bonds. The van der Waals surface area contributed by atoms with Crippen molar-refractivity contribution in [3.8, 4) is 5.75 Å². The lowest BCUT2D eigenvalue weighted by atomic mass is 10.3. The molecule has 12 heavy (non-hydrogen) atoms. The first kappa shape index (κ1) is 9.63. The zero-order valence-corrected chi connectivity index (χ0v) is 7.89. The Kier molecular flexibility index (Phi) is 3.19. The molecule has 0 aliphatic carbocycles. The molecule has 0 aliphatic rings. The van der Waals surface area contributed by atoms with Crippen molar-refractivity contribution in [2.24, 2.45) is 0 Å². The van der Waals surface area contributed by atoms with Gasteiger partial charge in [-0.2, -0.15) is 8.78 Å². The second kappa shape index (κ2) is 3.97. The Hall–Kier alpha value is -0.460. The zero-order chi connectivity index (χ0) is 9.14. The van der Waals surface area contributed by atoms with E-state index < -0.39 is 18.2 Å². The molecular weight excluding hydrogens is 284 g/mol. The molecule has 1 nitrogen and oxygen atoms in total. The molecule has 0 heterocycles. The number of halogens is 4. The van der Waals surface area contributed by atoms with Crippen LogP contribution in [0.25, 0.3) is 0 Å². The summed E-state index contributed by atoms with van der Waals surface area (Å²) in [6, 6.07) is 3.98. The van der Waals surface area contributed by atoms with Crippen LogP contribution in [0.3, 0.4) is 0 Å². The van der Waals surface area contributed by atoms with Gasteiger partial charge >= 0.3 is 6.61 Å². The van der Waals surface area contributed by atoms with Crippen LogP contribution >= 0.6 is 22.6 Å². The SMILES string of the molecule is Fc1cccc(I)c1OC(F)F. The predicted octanol–water partition coefficient (Wildman–Crippen LogP) is 3.03. The summed E-state index contributed by atoms with van der Waals surface area (Å²) in [6.45, 7) is -2.99. The summed E-state index contributed by atoms with van der Waals surface area (Å²) in [4.78, 5) is 0. The molecule has 0 saturated carbocycles. The molecule has 66 valence electrons. The molecule has 0 aromatic heterocycles. The molecule has 0 aliphatic heterocycles. The first-order valence-electron chi connectivity index (χ1n) is 3.00. The molecule has 0 saturated heterocycles. The van der Waals surface area contributed by atoms with E-state index in [1.54, 1.807) is 22.6 Å². The molecule has 0 fully saturated rings. The van der Waals surface area contributed by atoms with E-state index >= 15 is 0 Å². The van der Waals surface area contributed by atoms with Crippen LogP contribution in [0.4, 0.5) is 13.2 Å². The third kappa shape index (κ3) is 2.26. The molecule has 1 rings (SSSR count). The van der Waals surface area contributed by atoms with Gasteiger partial charge in [0.2, 0.25) is 0 Å². The van der Waals surface area contributed by atoms with Crippen molar-refractivity contribution < 1.29 is 17.9 Å². The molecule has 0 radical (unpaired) electrons. The molecule has 0 spiro atoms. The van der Waals surface area contributed by atoms with Gasteiger partial charge in [-0.1, -0.05) is 6.07 Å². The van der Waals surface area contributed by atoms with Gasteiger partial charge in [0.15, 0.2) is 11.6 Å². The van der Waals surface area contributed by atoms with Gasteiger partial charge in [-0.25, -0.2) is 4.39 Å². The highest BCUT2D eigenvalue weighted by Crippen LogP contribution is 2.25. The van der Waals surface area contributed by atoms with E-state index in [0.717, 1.165) is 6.07 Å². The van der Waals surface area contributed by atoms with Gasteiger partial charge < -0.3 is 4.74 Å². The Morgan fingerprint density at radius 3 is 2.50 bits per heavy atom. The van der Waals surface area contributed by atoms with Gasteiger partial charge in [0.05, 0.1) is 3.57 Å². The van der Waals surface area contributed by atoms with Gasteiger partial charge in [0, 0.05) is 0 Å². The second-order valence-electron chi connectivity index (χ2n) is 1.93. The largest absolute Gasteiger partial charge is 0.431 e. The number of ether oxygens (including phenoxy) is 1. The smallest absolute Gasteiger partial charge is 0.387 e. The fourth-order valence-corrected chi connectivity index (χ4v) is 1.28. The average Bonchev–Trinajstić information content (AvgIpc) is 1.97. The van der Waals surface area contributed by atoms with Gasteiger partial charge in [0.25, 0.3) is 0 Å². The van der Waals surface area contributed by atoms with Crippen LogP contribution in [-0.2, 0) is 0 Å². The van der Waals surface area contributed by atoms with Crippen molar-refractivity contribution in [2.75, 3.05) is 0 Å². The van der Waals surface area contributed by atoms with Crippen molar-refractivity contribution in [1.82, 2.24) is 0 Å². The average molecular weight is 288 g/mol. The maximum atomic E-state index is 12.7. The lowest BCUT2D eigenvalue weighted by Crippen LogP contribution is -2.04. The zero-order valence-electron chi connectivity index (χ0n) is 5.73. The van der Waals surface area contributed by atoms with Crippen LogP contribution in [0, 0.1) is 9.39 Å². The Balaban J connectivity index is 2.96. The maximum Gasteiger partial charge on any atom is 0.387 e. The quantitative estimate of drug-likeness (QED) is 0.760. The number of para-hydroxylation sites is 1. The molecule has 1 aromatic rings. The molecule has 0 N–H and O–H groups in total. The Morgan fingerprint density at radius 2 is 2.00 bits per heavy atom. The highest BCUT2D eigenvalue weighted by molar-refractivity contribution is 14.1. The Morgan fingerprint density at radius 1 is 1.33 bits per heavy atom. The lowest BCUT2D eigenvalue weighted by Gasteiger charge is -2.06. The lowest BCUT2D eigenvalue weighted by molar-refractivity contribution is -0.0527. The summed E-state index contributed by atoms with van der Waals surface area (Å²) in [5, 5.41) is 0. The Labute approximate surface area is 80.7 Å². The maximum absolute atomic E-state index is 12.7. The highest BCUT2D eigenvalue weighted by atomic mass is 127. The molecule has 5 heteroatoms. The Bertz CT molecular complexity index is 257. The van der Waals surface area contributed by atoms with Crippen LogP contribution in [0.5, 0.6) is 5.75 Å². The predicted molar refractivity (Wildman–Crippen MR) is 45.7 cm³/mol. The molecular formula is C7H4F3IO. The molecule has 1 aromatic carbocycles. The topological polar surface area (TPSA) is 9.23 Å². The molecule has 0 atom stereocenters. The normalized spacial score (nSPS) is 10.4. The van der Waals surface area contributed by atoms with Crippen molar-refractivity contribution >= 4 is 22.6 Å². The van der Waals surface area contributed by atoms with Crippen LogP contribution in [0.2, 0.25) is 0 Å². The van der Waals surface area contributed by atoms with E-state index in [9.17, 15) is 13.2 Å². The third-order valence-electron chi connectivity index (χ3n) is 1.13. The number of hydrogen-bond acceptors (Lipinski definition) is 1. The van der Waals surface area contributed by atoms with Gasteiger partial charge in [-0.15, -0.1) is 0 Å². The van der Waals surface area contributed by atoms with E-state index in [1.807, 2.05) is 0 Å². The van der Waals surface area contributed by atoms with Crippen molar-refractivity contribution in [1.29, 1.82) is 0 Å². The minimum atomic E-state index is -2.99. The third-order valence-corrected chi connectivity index (χ3v) is 1.98. The van der Waals surface area contributed by atoms with E-state index in [0.29, 0.717) is 3.57 Å². The number of alkyl halides is 2. The minimum Gasteiger partial charge on any atom is -0.431 e. The summed E-state index contributed by atoms with van der Waals surface area (Å²) in [5.74, 6) is -1.17. The standard InChI is InChI=1S/C7H4F3IO/c8-4-2-1-3-5(11)6(4)12-7(9)10/h1-3,7H. The monoisotopic (exact) mass is 288 g/mol. The first-order valence-corrected chi connectivity index (χ1v) is 4.08. The van der Waals surface area contributed by atoms with E-state index in [1.165, 1.54) is 12.1 Å². The highest BCUT2D eigenvalue weighted by Gasteiger charge is 2.12. The minimum absolute atomic E-state index is 0.327. The van der Waals surface area contributed by atoms with Gasteiger partial charge in [-0.05, 0) is 34.7 Å². The molecule has 0 unspecified atom stereocenters. The van der Waals surface area contributed by atoms with Crippen LogP contribution in [-0.4, -0.2) is 6.61 Å². The number of benzene rings is 1. The summed E-state index contributed by atoms with van der Waals surface area (Å²) >= 11 is 1.72. The van der Waals surface area contributed by atoms with Gasteiger partial charge in [-0.3, -0.25) is 0 Å². The van der Waals surface area contributed by atoms with Crippen molar-refractivity contribution in [3.63, 3.8) is 0 Å². The van der Waals surface area contributed by atoms with Crippen molar-refractivity contribution in [3.05, 3.63) is 27.6 Å². The number of hydrogen-bond donors (Lipinski definition) is 0. The van der Waals surface area contributed by atoms with E-state index in [2.05, 4.69) is 4.74 Å². The van der Waals surface area contributed by atoms with Crippen LogP contribution < -0.4 is 4.74 Å². The fourth-order valence-electron chi connectivity index (χ4n) is 0.684. The fraction of sp³-hybridized carbons (Fsp3) is 0.143.